The second-order valence-corrected chi connectivity index (χ2v) is 9.53. The lowest BCUT2D eigenvalue weighted by Crippen LogP contribution is -2.50. The fourth-order valence-electron chi connectivity index (χ4n) is 3.27. The summed E-state index contributed by atoms with van der Waals surface area (Å²) in [6.45, 7) is 4.80. The van der Waals surface area contributed by atoms with Crippen LogP contribution in [0, 0.1) is 5.92 Å². The molecule has 0 aromatic carbocycles. The number of hydrogen-bond donors (Lipinski definition) is 2. The molecule has 0 bridgehead atoms. The highest BCUT2D eigenvalue weighted by atomic mass is 32.2. The van der Waals surface area contributed by atoms with E-state index >= 15 is 0 Å². The summed E-state index contributed by atoms with van der Waals surface area (Å²) in [5, 5.41) is 5.02. The molecule has 2 unspecified atom stereocenters. The molecule has 1 saturated heterocycles. The average molecular weight is 411 g/mol. The minimum Gasteiger partial charge on any atom is -0.355 e. The maximum absolute atomic E-state index is 12.1. The number of rotatable bonds is 6. The van der Waals surface area contributed by atoms with Crippen molar-refractivity contribution in [3.8, 4) is 0 Å². The molecule has 1 aliphatic heterocycles. The Bertz CT molecular complexity index is 833. The molecular formula is C17H26N6O2S2. The zero-order valence-electron chi connectivity index (χ0n) is 15.6. The predicted octanol–water partition coefficient (Wildman–Crippen LogP) is 1.38. The molecular weight excluding hydrogens is 384 g/mol. The van der Waals surface area contributed by atoms with Crippen molar-refractivity contribution in [1.82, 2.24) is 24.5 Å². The number of thiophene rings is 1. The van der Waals surface area contributed by atoms with Crippen LogP contribution in [0.1, 0.15) is 19.4 Å². The zero-order chi connectivity index (χ0) is 19.3. The fraction of sp³-hybridized carbons (Fsp3) is 0.529. The van der Waals surface area contributed by atoms with Crippen molar-refractivity contribution in [3.05, 3.63) is 36.2 Å². The topological polar surface area (TPSA) is 91.6 Å². The molecule has 3 heterocycles. The van der Waals surface area contributed by atoms with Gasteiger partial charge in [0.25, 0.3) is 0 Å². The number of sulfonamides is 1. The lowest BCUT2D eigenvalue weighted by Gasteiger charge is -2.39. The van der Waals surface area contributed by atoms with Crippen molar-refractivity contribution in [2.24, 2.45) is 10.9 Å². The first-order valence-corrected chi connectivity index (χ1v) is 11.3. The first-order valence-electron chi connectivity index (χ1n) is 8.97. The molecule has 27 heavy (non-hydrogen) atoms. The summed E-state index contributed by atoms with van der Waals surface area (Å²) in [6.07, 6.45) is 6.73. The van der Waals surface area contributed by atoms with E-state index in [1.165, 1.54) is 11.3 Å². The first-order chi connectivity index (χ1) is 13.0. The Morgan fingerprint density at radius 2 is 2.30 bits per heavy atom. The van der Waals surface area contributed by atoms with E-state index in [9.17, 15) is 8.42 Å². The standard InChI is InChI=1S/C17H26N6O2S2/c1-14-5-9-22(12-15(14)23-10-8-19-13-23)17(18-2)20-6-7-21-27(24,25)16-4-3-11-26-16/h3-4,8,10-11,13-15,21H,5-7,9,12H2,1-2H3,(H,18,20). The molecule has 1 aliphatic rings. The quantitative estimate of drug-likeness (QED) is 0.426. The van der Waals surface area contributed by atoms with E-state index < -0.39 is 10.0 Å². The molecule has 8 nitrogen and oxygen atoms in total. The van der Waals surface area contributed by atoms with Gasteiger partial charge in [0.1, 0.15) is 4.21 Å². The Labute approximate surface area is 164 Å². The maximum Gasteiger partial charge on any atom is 0.250 e. The van der Waals surface area contributed by atoms with Crippen molar-refractivity contribution in [3.63, 3.8) is 0 Å². The second-order valence-electron chi connectivity index (χ2n) is 6.59. The summed E-state index contributed by atoms with van der Waals surface area (Å²) in [5.41, 5.74) is 0. The first kappa shape index (κ1) is 19.8. The van der Waals surface area contributed by atoms with Crippen molar-refractivity contribution in [2.45, 2.75) is 23.6 Å². The van der Waals surface area contributed by atoms with Crippen LogP contribution in [-0.4, -0.2) is 62.1 Å². The number of imidazole rings is 1. The predicted molar refractivity (Wildman–Crippen MR) is 107 cm³/mol. The molecule has 0 amide bonds. The van der Waals surface area contributed by atoms with Gasteiger partial charge in [0.15, 0.2) is 5.96 Å². The summed E-state index contributed by atoms with van der Waals surface area (Å²) < 4.78 is 29.4. The van der Waals surface area contributed by atoms with Crippen LogP contribution >= 0.6 is 11.3 Å². The van der Waals surface area contributed by atoms with E-state index in [1.807, 2.05) is 12.5 Å². The SMILES string of the molecule is CN=C(NCCNS(=O)(=O)c1cccs1)N1CCC(C)C(n2ccnc2)C1. The van der Waals surface area contributed by atoms with E-state index in [1.54, 1.807) is 30.8 Å². The molecule has 2 aromatic heterocycles. The molecule has 2 aromatic rings. The van der Waals surface area contributed by atoms with Gasteiger partial charge in [-0.25, -0.2) is 18.1 Å². The summed E-state index contributed by atoms with van der Waals surface area (Å²) >= 11 is 1.21. The minimum atomic E-state index is -3.43. The smallest absolute Gasteiger partial charge is 0.250 e. The zero-order valence-corrected chi connectivity index (χ0v) is 17.2. The van der Waals surface area contributed by atoms with E-state index in [2.05, 4.69) is 36.4 Å². The van der Waals surface area contributed by atoms with Crippen molar-refractivity contribution in [1.29, 1.82) is 0 Å². The third kappa shape index (κ3) is 4.88. The molecule has 148 valence electrons. The van der Waals surface area contributed by atoms with Crippen LogP contribution in [0.3, 0.4) is 0 Å². The Hall–Kier alpha value is -1.91. The molecule has 0 spiro atoms. The fourth-order valence-corrected chi connectivity index (χ4v) is 5.34. The van der Waals surface area contributed by atoms with Gasteiger partial charge in [-0.2, -0.15) is 0 Å². The number of guanidine groups is 1. The molecule has 10 heteroatoms. The number of aliphatic imine (C=N–C) groups is 1. The third-order valence-electron chi connectivity index (χ3n) is 4.80. The monoisotopic (exact) mass is 410 g/mol. The van der Waals surface area contributed by atoms with E-state index in [4.69, 9.17) is 0 Å². The second kappa shape index (κ2) is 8.85. The van der Waals surface area contributed by atoms with Crippen LogP contribution in [0.15, 0.2) is 45.4 Å². The van der Waals surface area contributed by atoms with Crippen LogP contribution in [0.5, 0.6) is 0 Å². The highest BCUT2D eigenvalue weighted by Gasteiger charge is 2.28. The van der Waals surface area contributed by atoms with Crippen LogP contribution < -0.4 is 10.0 Å². The summed E-state index contributed by atoms with van der Waals surface area (Å²) in [4.78, 5) is 10.7. The van der Waals surface area contributed by atoms with Crippen LogP contribution in [0.4, 0.5) is 0 Å². The lowest BCUT2D eigenvalue weighted by atomic mass is 9.93. The van der Waals surface area contributed by atoms with Crippen molar-refractivity contribution in [2.75, 3.05) is 33.2 Å². The van der Waals surface area contributed by atoms with Gasteiger partial charge in [-0.3, -0.25) is 4.99 Å². The number of aromatic nitrogens is 2. The molecule has 0 saturated carbocycles. The van der Waals surface area contributed by atoms with Gasteiger partial charge in [0, 0.05) is 45.6 Å². The van der Waals surface area contributed by atoms with Gasteiger partial charge >= 0.3 is 0 Å². The molecule has 1 fully saturated rings. The van der Waals surface area contributed by atoms with Gasteiger partial charge in [0.2, 0.25) is 10.0 Å². The summed E-state index contributed by atoms with van der Waals surface area (Å²) in [5.74, 6) is 1.36. The van der Waals surface area contributed by atoms with Crippen molar-refractivity contribution >= 4 is 27.3 Å². The normalized spacial score (nSPS) is 21.4. The lowest BCUT2D eigenvalue weighted by molar-refractivity contribution is 0.189. The van der Waals surface area contributed by atoms with Gasteiger partial charge in [-0.15, -0.1) is 11.3 Å². The van der Waals surface area contributed by atoms with Crippen LogP contribution in [-0.2, 0) is 10.0 Å². The van der Waals surface area contributed by atoms with Crippen LogP contribution in [0.2, 0.25) is 0 Å². The van der Waals surface area contributed by atoms with Gasteiger partial charge in [-0.05, 0) is 23.8 Å². The maximum atomic E-state index is 12.1. The number of nitrogens with zero attached hydrogens (tertiary/aromatic N) is 4. The number of piperidine rings is 1. The Morgan fingerprint density at radius 1 is 1.44 bits per heavy atom. The number of likely N-dealkylation sites (tertiary alicyclic amines) is 1. The van der Waals surface area contributed by atoms with Crippen LogP contribution in [0.25, 0.3) is 0 Å². The average Bonchev–Trinajstić information content (AvgIpc) is 3.37. The summed E-state index contributed by atoms with van der Waals surface area (Å²) in [7, 11) is -1.67. The van der Waals surface area contributed by atoms with E-state index in [0.29, 0.717) is 29.3 Å². The van der Waals surface area contributed by atoms with Gasteiger partial charge in [-0.1, -0.05) is 13.0 Å². The largest absolute Gasteiger partial charge is 0.355 e. The Morgan fingerprint density at radius 3 is 2.96 bits per heavy atom. The van der Waals surface area contributed by atoms with Gasteiger partial charge in [0.05, 0.1) is 12.4 Å². The molecule has 0 aliphatic carbocycles. The molecule has 2 N–H and O–H groups in total. The number of nitrogens with one attached hydrogen (secondary N) is 2. The Balaban J connectivity index is 1.52. The highest BCUT2D eigenvalue weighted by molar-refractivity contribution is 7.91. The molecule has 3 rings (SSSR count). The molecule has 0 radical (unpaired) electrons. The van der Waals surface area contributed by atoms with E-state index in [0.717, 1.165) is 25.5 Å². The van der Waals surface area contributed by atoms with E-state index in [-0.39, 0.29) is 0 Å². The highest BCUT2D eigenvalue weighted by Crippen LogP contribution is 2.27. The Kier molecular flexibility index (Phi) is 6.51. The molecule has 2 atom stereocenters. The summed E-state index contributed by atoms with van der Waals surface area (Å²) in [6, 6.07) is 3.68. The van der Waals surface area contributed by atoms with Crippen molar-refractivity contribution < 1.29 is 8.42 Å². The van der Waals surface area contributed by atoms with Gasteiger partial charge < -0.3 is 14.8 Å². The minimum absolute atomic E-state index is 0.300. The number of hydrogen-bond acceptors (Lipinski definition) is 5. The third-order valence-corrected chi connectivity index (χ3v) is 7.66.